The van der Waals surface area contributed by atoms with Gasteiger partial charge in [0.2, 0.25) is 3.79 Å². The van der Waals surface area contributed by atoms with E-state index in [0.717, 1.165) is 12.2 Å². The van der Waals surface area contributed by atoms with Crippen LogP contribution in [0.2, 0.25) is 0 Å². The molecule has 6 heteroatoms. The van der Waals surface area contributed by atoms with E-state index in [1.165, 1.54) is 0 Å². The number of hydrogen-bond acceptors (Lipinski definition) is 2. The summed E-state index contributed by atoms with van der Waals surface area (Å²) in [5.41, 5.74) is 1.84. The normalized spacial score (nSPS) is 12.0. The molecule has 0 unspecified atom stereocenters. The third-order valence-corrected chi connectivity index (χ3v) is 0.944. The first kappa shape index (κ1) is 10.0. The van der Waals surface area contributed by atoms with Gasteiger partial charge in [0.05, 0.1) is 0 Å². The molecule has 0 saturated carbocycles. The Hall–Kier alpha value is 0.0400. The van der Waals surface area contributed by atoms with Crippen LogP contribution in [0.3, 0.4) is 0 Å². The van der Waals surface area contributed by atoms with Crippen molar-refractivity contribution >= 4 is 40.7 Å². The van der Waals surface area contributed by atoms with Crippen LogP contribution < -0.4 is 11.3 Å². The van der Waals surface area contributed by atoms with Crippen LogP contribution in [0, 0.1) is 0 Å². The van der Waals surface area contributed by atoms with Gasteiger partial charge in [0.25, 0.3) is 5.91 Å². The third kappa shape index (κ3) is 6.16. The molecule has 0 radical (unpaired) electrons. The Morgan fingerprint density at radius 2 is 2.00 bits per heavy atom. The van der Waals surface area contributed by atoms with Crippen molar-refractivity contribution in [3.63, 3.8) is 0 Å². The van der Waals surface area contributed by atoms with Crippen molar-refractivity contribution < 1.29 is 4.79 Å². The maximum absolute atomic E-state index is 10.4. The van der Waals surface area contributed by atoms with Gasteiger partial charge >= 0.3 is 0 Å². The summed E-state index contributed by atoms with van der Waals surface area (Å²) in [6, 6.07) is 0. The largest absolute Gasteiger partial charge is 0.291 e. The summed E-state index contributed by atoms with van der Waals surface area (Å²) < 4.78 is -1.55. The maximum atomic E-state index is 10.4. The van der Waals surface area contributed by atoms with E-state index >= 15 is 0 Å². The van der Waals surface area contributed by atoms with Gasteiger partial charge in [-0.05, 0) is 6.08 Å². The first-order valence-electron chi connectivity index (χ1n) is 2.22. The lowest BCUT2D eigenvalue weighted by Crippen LogP contribution is -2.28. The topological polar surface area (TPSA) is 55.1 Å². The highest BCUT2D eigenvalue weighted by Gasteiger charge is 2.14. The Kier molecular flexibility index (Phi) is 4.05. The fourth-order valence-corrected chi connectivity index (χ4v) is 0.407. The van der Waals surface area contributed by atoms with Crippen LogP contribution in [0.15, 0.2) is 12.2 Å². The second-order valence-corrected chi connectivity index (χ2v) is 3.75. The Labute approximate surface area is 73.1 Å². The number of hydrogen-bond donors (Lipinski definition) is 2. The summed E-state index contributed by atoms with van der Waals surface area (Å²) >= 11 is 15.8. The second-order valence-electron chi connectivity index (χ2n) is 1.38. The molecular formula is C4H5Cl3N2O. The zero-order valence-electron chi connectivity index (χ0n) is 4.77. The van der Waals surface area contributed by atoms with Crippen LogP contribution >= 0.6 is 34.8 Å². The molecule has 0 spiro atoms. The SMILES string of the molecule is NNC(=O)C=CC(Cl)(Cl)Cl. The molecule has 0 atom stereocenters. The lowest BCUT2D eigenvalue weighted by Gasteiger charge is -2.00. The lowest BCUT2D eigenvalue weighted by atomic mass is 10.5. The Morgan fingerprint density at radius 1 is 1.50 bits per heavy atom. The van der Waals surface area contributed by atoms with Crippen molar-refractivity contribution in [1.29, 1.82) is 0 Å². The first-order chi connectivity index (χ1) is 4.45. The molecule has 3 nitrogen and oxygen atoms in total. The van der Waals surface area contributed by atoms with Crippen LogP contribution in [-0.2, 0) is 4.79 Å². The predicted molar refractivity (Wildman–Crippen MR) is 41.8 cm³/mol. The zero-order valence-corrected chi connectivity index (χ0v) is 7.04. The van der Waals surface area contributed by atoms with Gasteiger partial charge in [-0.3, -0.25) is 10.2 Å². The summed E-state index contributed by atoms with van der Waals surface area (Å²) in [4.78, 5) is 10.4. The molecule has 0 aliphatic rings. The number of nitrogens with one attached hydrogen (secondary N) is 1. The minimum Gasteiger partial charge on any atom is -0.291 e. The van der Waals surface area contributed by atoms with Gasteiger partial charge in [-0.2, -0.15) is 0 Å². The fraction of sp³-hybridized carbons (Fsp3) is 0.250. The van der Waals surface area contributed by atoms with Gasteiger partial charge in [0.1, 0.15) is 0 Å². The van der Waals surface area contributed by atoms with Gasteiger partial charge in [-0.15, -0.1) is 0 Å². The van der Waals surface area contributed by atoms with Crippen molar-refractivity contribution in [2.45, 2.75) is 3.79 Å². The molecule has 3 N–H and O–H groups in total. The number of allylic oxidation sites excluding steroid dienone is 1. The summed E-state index contributed by atoms with van der Waals surface area (Å²) in [7, 11) is 0. The molecule has 0 aromatic carbocycles. The Balaban J connectivity index is 3.88. The number of nitrogens with two attached hydrogens (primary N) is 1. The fourth-order valence-electron chi connectivity index (χ4n) is 0.218. The number of carbonyl (C=O) groups excluding carboxylic acids is 1. The molecular weight excluding hydrogens is 198 g/mol. The number of halogens is 3. The molecule has 0 rings (SSSR count). The van der Waals surface area contributed by atoms with E-state index in [1.54, 1.807) is 0 Å². The molecule has 58 valence electrons. The van der Waals surface area contributed by atoms with E-state index in [4.69, 9.17) is 40.6 Å². The van der Waals surface area contributed by atoms with Crippen molar-refractivity contribution in [2.24, 2.45) is 5.84 Å². The average Bonchev–Trinajstić information content (AvgIpc) is 1.81. The number of hydrazine groups is 1. The highest BCUT2D eigenvalue weighted by atomic mass is 35.6. The lowest BCUT2D eigenvalue weighted by molar-refractivity contribution is -0.116. The van der Waals surface area contributed by atoms with E-state index in [9.17, 15) is 4.79 Å². The Bertz CT molecular complexity index is 151. The van der Waals surface area contributed by atoms with Gasteiger partial charge in [0.15, 0.2) is 0 Å². The molecule has 0 aliphatic heterocycles. The van der Waals surface area contributed by atoms with Crippen molar-refractivity contribution in [2.75, 3.05) is 0 Å². The van der Waals surface area contributed by atoms with Crippen molar-refractivity contribution in [3.05, 3.63) is 12.2 Å². The number of carbonyl (C=O) groups is 1. The molecule has 0 heterocycles. The summed E-state index contributed by atoms with van der Waals surface area (Å²) in [6.45, 7) is 0. The highest BCUT2D eigenvalue weighted by molar-refractivity contribution is 6.69. The van der Waals surface area contributed by atoms with Crippen molar-refractivity contribution in [3.8, 4) is 0 Å². The molecule has 10 heavy (non-hydrogen) atoms. The minimum absolute atomic E-state index is 0.522. The van der Waals surface area contributed by atoms with E-state index in [0.29, 0.717) is 0 Å². The number of alkyl halides is 3. The van der Waals surface area contributed by atoms with Gasteiger partial charge in [-0.1, -0.05) is 34.8 Å². The third-order valence-electron chi connectivity index (χ3n) is 0.566. The molecule has 0 fully saturated rings. The van der Waals surface area contributed by atoms with Gasteiger partial charge in [0, 0.05) is 6.08 Å². The van der Waals surface area contributed by atoms with Crippen molar-refractivity contribution in [1.82, 2.24) is 5.43 Å². The highest BCUT2D eigenvalue weighted by Crippen LogP contribution is 2.26. The quantitative estimate of drug-likeness (QED) is 0.219. The molecule has 0 bridgehead atoms. The van der Waals surface area contributed by atoms with E-state index in [1.807, 2.05) is 5.43 Å². The maximum Gasteiger partial charge on any atom is 0.257 e. The minimum atomic E-state index is -1.55. The summed E-state index contributed by atoms with van der Waals surface area (Å²) in [5.74, 6) is 4.20. The van der Waals surface area contributed by atoms with Crippen LogP contribution in [0.5, 0.6) is 0 Å². The number of amides is 1. The standard InChI is InChI=1S/C4H5Cl3N2O/c5-4(6,7)2-1-3(10)9-8/h1-2H,8H2,(H,9,10). The smallest absolute Gasteiger partial charge is 0.257 e. The van der Waals surface area contributed by atoms with Crippen LogP contribution in [0.1, 0.15) is 0 Å². The molecule has 0 saturated heterocycles. The Morgan fingerprint density at radius 3 is 2.30 bits per heavy atom. The predicted octanol–water partition coefficient (Wildman–Crippen LogP) is 0.903. The second kappa shape index (κ2) is 4.03. The summed E-state index contributed by atoms with van der Waals surface area (Å²) in [5, 5.41) is 0. The first-order valence-corrected chi connectivity index (χ1v) is 3.35. The van der Waals surface area contributed by atoms with Crippen LogP contribution in [-0.4, -0.2) is 9.70 Å². The molecule has 0 aliphatic carbocycles. The average molecular weight is 203 g/mol. The van der Waals surface area contributed by atoms with Gasteiger partial charge < -0.3 is 0 Å². The zero-order chi connectivity index (χ0) is 8.20. The summed E-state index contributed by atoms with van der Waals surface area (Å²) in [6.07, 6.45) is 2.13. The van der Waals surface area contributed by atoms with Crippen LogP contribution in [0.4, 0.5) is 0 Å². The molecule has 1 amide bonds. The van der Waals surface area contributed by atoms with E-state index in [-0.39, 0.29) is 0 Å². The molecule has 0 aromatic heterocycles. The van der Waals surface area contributed by atoms with E-state index in [2.05, 4.69) is 0 Å². The van der Waals surface area contributed by atoms with Crippen LogP contribution in [0.25, 0.3) is 0 Å². The number of rotatable bonds is 1. The monoisotopic (exact) mass is 202 g/mol. The van der Waals surface area contributed by atoms with E-state index < -0.39 is 9.70 Å². The molecule has 0 aromatic rings. The van der Waals surface area contributed by atoms with Gasteiger partial charge in [-0.25, -0.2) is 5.84 Å².